The largest absolute Gasteiger partial charge is 0.488 e. The molecule has 0 fully saturated rings. The van der Waals surface area contributed by atoms with Gasteiger partial charge in [0.05, 0.1) is 6.21 Å². The van der Waals surface area contributed by atoms with Crippen molar-refractivity contribution >= 4 is 52.7 Å². The van der Waals surface area contributed by atoms with Crippen LogP contribution in [-0.2, 0) is 6.61 Å². The molecule has 3 rings (SSSR count). The molecule has 0 spiro atoms. The molecule has 0 heterocycles. The van der Waals surface area contributed by atoms with Gasteiger partial charge in [0.2, 0.25) is 0 Å². The van der Waals surface area contributed by atoms with E-state index in [1.807, 2.05) is 32.0 Å². The van der Waals surface area contributed by atoms with Gasteiger partial charge in [0.25, 0.3) is 0 Å². The van der Waals surface area contributed by atoms with Gasteiger partial charge in [-0.05, 0) is 79.1 Å². The Morgan fingerprint density at radius 2 is 1.61 bits per heavy atom. The van der Waals surface area contributed by atoms with Crippen LogP contribution in [-0.4, -0.2) is 12.2 Å². The first kappa shape index (κ1) is 22.9. The third-order valence-electron chi connectivity index (χ3n) is 4.35. The van der Waals surface area contributed by atoms with Gasteiger partial charge < -0.3 is 10.1 Å². The van der Waals surface area contributed by atoms with Crippen molar-refractivity contribution in [2.24, 2.45) is 5.10 Å². The number of aryl methyl sites for hydroxylation is 2. The first-order valence-corrected chi connectivity index (χ1v) is 10.5. The molecule has 160 valence electrons. The quantitative estimate of drug-likeness (QED) is 0.297. The second kappa shape index (κ2) is 10.5. The lowest BCUT2D eigenvalue weighted by atomic mass is 10.1. The van der Waals surface area contributed by atoms with Crippen molar-refractivity contribution in [1.29, 1.82) is 0 Å². The number of carbonyl (C=O) groups is 1. The molecule has 0 saturated carbocycles. The summed E-state index contributed by atoms with van der Waals surface area (Å²) in [6.07, 6.45) is 1.57. The van der Waals surface area contributed by atoms with Gasteiger partial charge in [0.1, 0.15) is 12.4 Å². The summed E-state index contributed by atoms with van der Waals surface area (Å²) in [5.41, 5.74) is 6.62. The first-order valence-electron chi connectivity index (χ1n) is 9.35. The molecule has 0 bridgehead atoms. The van der Waals surface area contributed by atoms with E-state index in [9.17, 15) is 4.79 Å². The molecule has 2 N–H and O–H groups in total. The van der Waals surface area contributed by atoms with E-state index >= 15 is 0 Å². The molecular formula is C23H20Cl3N3O2. The summed E-state index contributed by atoms with van der Waals surface area (Å²) in [5, 5.41) is 8.41. The zero-order chi connectivity index (χ0) is 22.4. The summed E-state index contributed by atoms with van der Waals surface area (Å²) < 4.78 is 5.99. The first-order chi connectivity index (χ1) is 14.8. The third kappa shape index (κ3) is 6.62. The Morgan fingerprint density at radius 3 is 2.26 bits per heavy atom. The molecule has 8 heteroatoms. The van der Waals surface area contributed by atoms with Gasteiger partial charge >= 0.3 is 6.03 Å². The number of hydrazone groups is 1. The van der Waals surface area contributed by atoms with E-state index in [0.29, 0.717) is 27.4 Å². The van der Waals surface area contributed by atoms with Crippen LogP contribution in [0.2, 0.25) is 15.1 Å². The highest BCUT2D eigenvalue weighted by Gasteiger charge is 2.08. The predicted octanol–water partition coefficient (Wildman–Crippen LogP) is 7.00. The smallest absolute Gasteiger partial charge is 0.339 e. The van der Waals surface area contributed by atoms with Crippen molar-refractivity contribution in [2.45, 2.75) is 20.5 Å². The van der Waals surface area contributed by atoms with Crippen LogP contribution >= 0.6 is 34.8 Å². The van der Waals surface area contributed by atoms with Crippen molar-refractivity contribution in [3.05, 3.63) is 91.9 Å². The number of rotatable bonds is 6. The summed E-state index contributed by atoms with van der Waals surface area (Å²) in [6, 6.07) is 15.5. The molecule has 3 aromatic carbocycles. The summed E-state index contributed by atoms with van der Waals surface area (Å²) in [4.78, 5) is 11.9. The SMILES string of the molecule is Cc1cc(/C=N\NC(=O)Nc2ccc(Cl)cc2)cc(C)c1OCc1ccc(Cl)cc1Cl. The van der Waals surface area contributed by atoms with Crippen LogP contribution in [0.25, 0.3) is 0 Å². The lowest BCUT2D eigenvalue weighted by Crippen LogP contribution is -2.24. The molecule has 0 aliphatic rings. The molecule has 0 saturated heterocycles. The molecule has 2 amide bonds. The lowest BCUT2D eigenvalue weighted by Gasteiger charge is -2.14. The second-order valence-electron chi connectivity index (χ2n) is 6.84. The summed E-state index contributed by atoms with van der Waals surface area (Å²) >= 11 is 18.0. The Labute approximate surface area is 196 Å². The van der Waals surface area contributed by atoms with Crippen LogP contribution in [0.5, 0.6) is 5.75 Å². The number of nitrogens with one attached hydrogen (secondary N) is 2. The van der Waals surface area contributed by atoms with E-state index in [4.69, 9.17) is 39.5 Å². The zero-order valence-corrected chi connectivity index (χ0v) is 19.1. The standard InChI is InChI=1S/C23H20Cl3N3O2/c1-14-9-16(12-27-29-23(30)28-20-7-5-18(24)6-8-20)10-15(2)22(14)31-13-17-3-4-19(25)11-21(17)26/h3-12H,13H2,1-2H3,(H2,28,29,30)/b27-12-. The number of nitrogens with zero attached hydrogens (tertiary/aromatic N) is 1. The third-order valence-corrected chi connectivity index (χ3v) is 5.19. The number of urea groups is 1. The maximum Gasteiger partial charge on any atom is 0.339 e. The normalized spacial score (nSPS) is 10.9. The number of amides is 2. The summed E-state index contributed by atoms with van der Waals surface area (Å²) in [5.74, 6) is 0.775. The second-order valence-corrected chi connectivity index (χ2v) is 8.12. The van der Waals surface area contributed by atoms with Crippen LogP contribution in [0.15, 0.2) is 59.7 Å². The Morgan fingerprint density at radius 1 is 0.968 bits per heavy atom. The average molecular weight is 477 g/mol. The van der Waals surface area contributed by atoms with Crippen LogP contribution in [0.4, 0.5) is 10.5 Å². The Balaban J connectivity index is 1.60. The van der Waals surface area contributed by atoms with Crippen molar-refractivity contribution < 1.29 is 9.53 Å². The molecule has 0 aromatic heterocycles. The molecule has 3 aromatic rings. The maximum atomic E-state index is 11.9. The van der Waals surface area contributed by atoms with Crippen molar-refractivity contribution in [3.8, 4) is 5.75 Å². The Bertz CT molecular complexity index is 1090. The number of carbonyl (C=O) groups excluding carboxylic acids is 1. The number of anilines is 1. The maximum absolute atomic E-state index is 11.9. The molecular weight excluding hydrogens is 457 g/mol. The van der Waals surface area contributed by atoms with Gasteiger partial charge in [-0.2, -0.15) is 5.10 Å². The summed E-state index contributed by atoms with van der Waals surface area (Å²) in [7, 11) is 0. The van der Waals surface area contributed by atoms with Crippen molar-refractivity contribution in [1.82, 2.24) is 5.43 Å². The Kier molecular flexibility index (Phi) is 7.80. The van der Waals surface area contributed by atoms with Crippen molar-refractivity contribution in [2.75, 3.05) is 5.32 Å². The molecule has 0 radical (unpaired) electrons. The minimum atomic E-state index is -0.452. The van der Waals surface area contributed by atoms with Crippen molar-refractivity contribution in [3.63, 3.8) is 0 Å². The van der Waals surface area contributed by atoms with Gasteiger partial charge in [0.15, 0.2) is 0 Å². The van der Waals surface area contributed by atoms with E-state index in [2.05, 4.69) is 15.8 Å². The van der Waals surface area contributed by atoms with Crippen LogP contribution in [0, 0.1) is 13.8 Å². The highest BCUT2D eigenvalue weighted by molar-refractivity contribution is 6.35. The van der Waals surface area contributed by atoms with Crippen LogP contribution in [0.3, 0.4) is 0 Å². The zero-order valence-electron chi connectivity index (χ0n) is 16.9. The number of halogens is 3. The molecule has 0 aliphatic carbocycles. The lowest BCUT2D eigenvalue weighted by molar-refractivity contribution is 0.252. The number of hydrogen-bond acceptors (Lipinski definition) is 3. The van der Waals surface area contributed by atoms with Gasteiger partial charge in [-0.3, -0.25) is 0 Å². The molecule has 0 unspecified atom stereocenters. The van der Waals surface area contributed by atoms with E-state index in [0.717, 1.165) is 28.0 Å². The average Bonchev–Trinajstić information content (AvgIpc) is 2.70. The molecule has 0 atom stereocenters. The molecule has 5 nitrogen and oxygen atoms in total. The van der Waals surface area contributed by atoms with Gasteiger partial charge in [-0.15, -0.1) is 0 Å². The van der Waals surface area contributed by atoms with E-state index in [1.54, 1.807) is 42.6 Å². The number of hydrogen-bond donors (Lipinski definition) is 2. The molecule has 0 aliphatic heterocycles. The van der Waals surface area contributed by atoms with Gasteiger partial charge in [-0.1, -0.05) is 40.9 Å². The fraction of sp³-hybridized carbons (Fsp3) is 0.130. The van der Waals surface area contributed by atoms with E-state index < -0.39 is 6.03 Å². The number of benzene rings is 3. The minimum Gasteiger partial charge on any atom is -0.488 e. The van der Waals surface area contributed by atoms with Crippen LogP contribution in [0.1, 0.15) is 22.3 Å². The van der Waals surface area contributed by atoms with Crippen LogP contribution < -0.4 is 15.5 Å². The fourth-order valence-electron chi connectivity index (χ4n) is 2.93. The highest BCUT2D eigenvalue weighted by atomic mass is 35.5. The predicted molar refractivity (Wildman–Crippen MR) is 128 cm³/mol. The van der Waals surface area contributed by atoms with E-state index in [-0.39, 0.29) is 0 Å². The Hall–Kier alpha value is -2.73. The van der Waals surface area contributed by atoms with Gasteiger partial charge in [0, 0.05) is 26.3 Å². The molecule has 31 heavy (non-hydrogen) atoms. The topological polar surface area (TPSA) is 62.7 Å². The van der Waals surface area contributed by atoms with Gasteiger partial charge in [-0.25, -0.2) is 10.2 Å². The monoisotopic (exact) mass is 475 g/mol. The van der Waals surface area contributed by atoms with E-state index in [1.165, 1.54) is 0 Å². The number of ether oxygens (including phenoxy) is 1. The summed E-state index contributed by atoms with van der Waals surface area (Å²) in [6.45, 7) is 4.23. The fourth-order valence-corrected chi connectivity index (χ4v) is 3.52. The minimum absolute atomic E-state index is 0.331. The highest BCUT2D eigenvalue weighted by Crippen LogP contribution is 2.27.